The second-order valence-electron chi connectivity index (χ2n) is 7.82. The van der Waals surface area contributed by atoms with E-state index in [0.717, 1.165) is 22.4 Å². The molecule has 7 heteroatoms. The van der Waals surface area contributed by atoms with Crippen molar-refractivity contribution in [1.29, 1.82) is 0 Å². The lowest BCUT2D eigenvalue weighted by molar-refractivity contribution is 0.0950. The Bertz CT molecular complexity index is 1330. The summed E-state index contributed by atoms with van der Waals surface area (Å²) in [6, 6.07) is 20.2. The van der Waals surface area contributed by atoms with Crippen molar-refractivity contribution < 1.29 is 14.3 Å². The molecule has 2 amide bonds. The number of ether oxygens (including phenoxy) is 1. The van der Waals surface area contributed by atoms with Crippen LogP contribution in [0, 0.1) is 6.92 Å². The topological polar surface area (TPSA) is 85.2 Å². The molecule has 1 aromatic heterocycles. The van der Waals surface area contributed by atoms with E-state index in [0.29, 0.717) is 35.5 Å². The van der Waals surface area contributed by atoms with Gasteiger partial charge in [-0.25, -0.2) is 4.98 Å². The minimum absolute atomic E-state index is 0.159. The molecule has 4 aromatic rings. The van der Waals surface area contributed by atoms with Gasteiger partial charge in [-0.15, -0.1) is 0 Å². The number of carbonyl (C=O) groups is 2. The van der Waals surface area contributed by atoms with E-state index < -0.39 is 0 Å². The highest BCUT2D eigenvalue weighted by molar-refractivity contribution is 6.05. The highest BCUT2D eigenvalue weighted by atomic mass is 16.5. The van der Waals surface area contributed by atoms with E-state index in [2.05, 4.69) is 10.6 Å². The predicted molar refractivity (Wildman–Crippen MR) is 129 cm³/mol. The fourth-order valence-electron chi connectivity index (χ4n) is 3.76. The number of amides is 2. The lowest BCUT2D eigenvalue weighted by Crippen LogP contribution is -2.26. The first kappa shape index (κ1) is 22.1. The molecule has 33 heavy (non-hydrogen) atoms. The van der Waals surface area contributed by atoms with Crippen LogP contribution < -0.4 is 15.4 Å². The van der Waals surface area contributed by atoms with Crippen LogP contribution >= 0.6 is 0 Å². The summed E-state index contributed by atoms with van der Waals surface area (Å²) in [6.07, 6.45) is 0.567. The van der Waals surface area contributed by atoms with Gasteiger partial charge < -0.3 is 19.9 Å². The number of nitrogens with zero attached hydrogens (tertiary/aromatic N) is 2. The Balaban J connectivity index is 1.43. The van der Waals surface area contributed by atoms with E-state index in [4.69, 9.17) is 9.72 Å². The van der Waals surface area contributed by atoms with E-state index in [1.54, 1.807) is 31.4 Å². The van der Waals surface area contributed by atoms with E-state index in [1.807, 2.05) is 61.0 Å². The first-order valence-corrected chi connectivity index (χ1v) is 10.7. The lowest BCUT2D eigenvalue weighted by atomic mass is 10.1. The van der Waals surface area contributed by atoms with Crippen molar-refractivity contribution in [2.75, 3.05) is 19.0 Å². The molecule has 0 aliphatic carbocycles. The van der Waals surface area contributed by atoms with Crippen LogP contribution in [0.25, 0.3) is 11.0 Å². The number of methoxy groups -OCH3 is 1. The second kappa shape index (κ2) is 9.56. The Labute approximate surface area is 192 Å². The van der Waals surface area contributed by atoms with E-state index in [1.165, 1.54) is 0 Å². The van der Waals surface area contributed by atoms with Gasteiger partial charge in [-0.2, -0.15) is 0 Å². The molecule has 0 bridgehead atoms. The molecule has 0 aliphatic heterocycles. The van der Waals surface area contributed by atoms with Gasteiger partial charge in [-0.3, -0.25) is 9.59 Å². The maximum absolute atomic E-state index is 12.6. The average molecular weight is 443 g/mol. The van der Waals surface area contributed by atoms with Gasteiger partial charge in [-0.1, -0.05) is 29.8 Å². The second-order valence-corrected chi connectivity index (χ2v) is 7.82. The molecule has 1 heterocycles. The maximum atomic E-state index is 12.6. The lowest BCUT2D eigenvalue weighted by Gasteiger charge is -2.09. The number of fused-ring (bicyclic) bond motifs is 1. The number of benzene rings is 3. The third kappa shape index (κ3) is 4.87. The third-order valence-corrected chi connectivity index (χ3v) is 5.50. The molecular weight excluding hydrogens is 416 g/mol. The van der Waals surface area contributed by atoms with E-state index in [9.17, 15) is 9.59 Å². The molecule has 7 nitrogen and oxygen atoms in total. The van der Waals surface area contributed by atoms with Gasteiger partial charge in [0.2, 0.25) is 0 Å². The van der Waals surface area contributed by atoms with Crippen molar-refractivity contribution >= 4 is 28.5 Å². The van der Waals surface area contributed by atoms with Crippen LogP contribution in [-0.4, -0.2) is 35.0 Å². The Morgan fingerprint density at radius 3 is 2.61 bits per heavy atom. The number of nitrogens with one attached hydrogen (secondary N) is 2. The Morgan fingerprint density at radius 1 is 1.00 bits per heavy atom. The van der Waals surface area contributed by atoms with Gasteiger partial charge in [0.1, 0.15) is 11.6 Å². The Kier molecular flexibility index (Phi) is 6.40. The Hall–Kier alpha value is -4.13. The molecule has 4 rings (SSSR count). The van der Waals surface area contributed by atoms with Gasteiger partial charge in [0.05, 0.1) is 23.7 Å². The fourth-order valence-corrected chi connectivity index (χ4v) is 3.76. The number of aromatic nitrogens is 2. The highest BCUT2D eigenvalue weighted by Gasteiger charge is 2.13. The summed E-state index contributed by atoms with van der Waals surface area (Å²) < 4.78 is 7.25. The van der Waals surface area contributed by atoms with Gasteiger partial charge in [0, 0.05) is 31.3 Å². The maximum Gasteiger partial charge on any atom is 0.255 e. The molecule has 0 unspecified atom stereocenters. The number of anilines is 1. The molecule has 0 saturated heterocycles. The van der Waals surface area contributed by atoms with Gasteiger partial charge in [-0.05, 0) is 49.4 Å². The summed E-state index contributed by atoms with van der Waals surface area (Å²) in [4.78, 5) is 29.8. The molecular formula is C26H26N4O3. The van der Waals surface area contributed by atoms with Gasteiger partial charge >= 0.3 is 0 Å². The first-order chi connectivity index (χ1) is 16.0. The number of aryl methyl sites for hydroxylation is 2. The van der Waals surface area contributed by atoms with Crippen LogP contribution in [0.5, 0.6) is 5.75 Å². The van der Waals surface area contributed by atoms with Crippen molar-refractivity contribution in [2.24, 2.45) is 7.05 Å². The van der Waals surface area contributed by atoms with Crippen molar-refractivity contribution in [2.45, 2.75) is 13.3 Å². The molecule has 0 spiro atoms. The normalized spacial score (nSPS) is 10.8. The van der Waals surface area contributed by atoms with Crippen LogP contribution in [0.15, 0.2) is 66.7 Å². The van der Waals surface area contributed by atoms with Crippen molar-refractivity contribution in [3.63, 3.8) is 0 Å². The van der Waals surface area contributed by atoms with E-state index >= 15 is 0 Å². The summed E-state index contributed by atoms with van der Waals surface area (Å²) in [7, 11) is 3.49. The number of hydrogen-bond acceptors (Lipinski definition) is 4. The number of hydrogen-bond donors (Lipinski definition) is 2. The van der Waals surface area contributed by atoms with Crippen molar-refractivity contribution in [3.8, 4) is 5.75 Å². The fraction of sp³-hybridized carbons (Fsp3) is 0.192. The molecule has 0 aliphatic rings. The summed E-state index contributed by atoms with van der Waals surface area (Å²) >= 11 is 0. The molecule has 168 valence electrons. The third-order valence-electron chi connectivity index (χ3n) is 5.50. The smallest absolute Gasteiger partial charge is 0.255 e. The molecule has 0 radical (unpaired) electrons. The van der Waals surface area contributed by atoms with Gasteiger partial charge in [0.25, 0.3) is 11.8 Å². The van der Waals surface area contributed by atoms with Crippen LogP contribution in [0.1, 0.15) is 32.1 Å². The molecule has 0 atom stereocenters. The zero-order valence-corrected chi connectivity index (χ0v) is 18.9. The van der Waals surface area contributed by atoms with Crippen LogP contribution in [0.2, 0.25) is 0 Å². The van der Waals surface area contributed by atoms with Crippen LogP contribution in [0.4, 0.5) is 5.69 Å². The molecule has 3 aromatic carbocycles. The summed E-state index contributed by atoms with van der Waals surface area (Å²) in [5.74, 6) is 1.03. The first-order valence-electron chi connectivity index (χ1n) is 10.7. The predicted octanol–water partition coefficient (Wildman–Crippen LogP) is 4.12. The molecule has 0 saturated carbocycles. The standard InChI is InChI=1S/C26H26N4O3/c1-17-7-6-8-18(15-17)25(31)28-19-11-12-22-21(16-19)29-24(30(22)2)13-14-27-26(32)20-9-4-5-10-23(20)33-3/h4-12,15-16H,13-14H2,1-3H3,(H,27,32)(H,28,31). The molecule has 0 fully saturated rings. The number of carbonyl (C=O) groups excluding carboxylic acids is 2. The van der Waals surface area contributed by atoms with Crippen LogP contribution in [-0.2, 0) is 13.5 Å². The highest BCUT2D eigenvalue weighted by Crippen LogP contribution is 2.21. The van der Waals surface area contributed by atoms with E-state index in [-0.39, 0.29) is 11.8 Å². The van der Waals surface area contributed by atoms with Crippen molar-refractivity contribution in [1.82, 2.24) is 14.9 Å². The monoisotopic (exact) mass is 442 g/mol. The molecule has 2 N–H and O–H groups in total. The Morgan fingerprint density at radius 2 is 1.82 bits per heavy atom. The summed E-state index contributed by atoms with van der Waals surface area (Å²) in [6.45, 7) is 2.39. The van der Waals surface area contributed by atoms with Crippen LogP contribution in [0.3, 0.4) is 0 Å². The number of para-hydroxylation sites is 1. The van der Waals surface area contributed by atoms with Crippen molar-refractivity contribution in [3.05, 3.63) is 89.2 Å². The minimum Gasteiger partial charge on any atom is -0.496 e. The SMILES string of the molecule is COc1ccccc1C(=O)NCCc1nc2cc(NC(=O)c3cccc(C)c3)ccc2n1C. The summed E-state index contributed by atoms with van der Waals surface area (Å²) in [5.41, 5.74) is 4.56. The zero-order valence-electron chi connectivity index (χ0n) is 18.9. The zero-order chi connectivity index (χ0) is 23.4. The largest absolute Gasteiger partial charge is 0.496 e. The minimum atomic E-state index is -0.188. The van der Waals surface area contributed by atoms with Gasteiger partial charge in [0.15, 0.2) is 0 Å². The number of imidazole rings is 1. The quantitative estimate of drug-likeness (QED) is 0.451. The number of rotatable bonds is 7. The average Bonchev–Trinajstić information content (AvgIpc) is 3.13. The summed E-state index contributed by atoms with van der Waals surface area (Å²) in [5, 5.41) is 5.86.